The van der Waals surface area contributed by atoms with Gasteiger partial charge in [0.15, 0.2) is 9.84 Å². The van der Waals surface area contributed by atoms with Crippen molar-refractivity contribution >= 4 is 15.7 Å². The summed E-state index contributed by atoms with van der Waals surface area (Å²) < 4.78 is 28.1. The summed E-state index contributed by atoms with van der Waals surface area (Å²) >= 11 is 0. The molecule has 1 aromatic rings. The first-order chi connectivity index (χ1) is 8.94. The maximum atomic E-state index is 12.4. The van der Waals surface area contributed by atoms with E-state index in [0.717, 1.165) is 0 Å². The Hall–Kier alpha value is -1.56. The van der Waals surface area contributed by atoms with Crippen molar-refractivity contribution in [3.8, 4) is 5.75 Å². The zero-order valence-corrected chi connectivity index (χ0v) is 11.8. The molecule has 0 saturated carbocycles. The minimum Gasteiger partial charge on any atom is -0.496 e. The quantitative estimate of drug-likeness (QED) is 0.828. The first kappa shape index (κ1) is 13.9. The molecular formula is C13H17NO4S. The third-order valence-corrected chi connectivity index (χ3v) is 5.16. The molecule has 1 aromatic carbocycles. The SMILES string of the molecule is COc1ccccc1C(=O)N(C)[C@H]1CCS(=O)(=O)C1. The number of benzene rings is 1. The van der Waals surface area contributed by atoms with E-state index in [1.807, 2.05) is 0 Å². The number of amides is 1. The van der Waals surface area contributed by atoms with Crippen molar-refractivity contribution < 1.29 is 17.9 Å². The Morgan fingerprint density at radius 2 is 2.05 bits per heavy atom. The summed E-state index contributed by atoms with van der Waals surface area (Å²) in [6.07, 6.45) is 0.500. The summed E-state index contributed by atoms with van der Waals surface area (Å²) in [4.78, 5) is 13.9. The molecule has 1 amide bonds. The van der Waals surface area contributed by atoms with E-state index in [0.29, 0.717) is 17.7 Å². The second kappa shape index (κ2) is 5.21. The van der Waals surface area contributed by atoms with Crippen molar-refractivity contribution in [1.29, 1.82) is 0 Å². The fourth-order valence-electron chi connectivity index (χ4n) is 2.26. The van der Waals surface area contributed by atoms with Gasteiger partial charge in [-0.1, -0.05) is 12.1 Å². The molecule has 104 valence electrons. The summed E-state index contributed by atoms with van der Waals surface area (Å²) in [7, 11) is 0.148. The van der Waals surface area contributed by atoms with Crippen LogP contribution in [0.5, 0.6) is 5.75 Å². The molecule has 1 aliphatic heterocycles. The van der Waals surface area contributed by atoms with Crippen molar-refractivity contribution in [2.24, 2.45) is 0 Å². The summed E-state index contributed by atoms with van der Waals surface area (Å²) in [5, 5.41) is 0. The highest BCUT2D eigenvalue weighted by Crippen LogP contribution is 2.23. The number of methoxy groups -OCH3 is 1. The molecule has 1 heterocycles. The number of sulfone groups is 1. The third-order valence-electron chi connectivity index (χ3n) is 3.41. The summed E-state index contributed by atoms with van der Waals surface area (Å²) in [5.74, 6) is 0.491. The van der Waals surface area contributed by atoms with Crippen LogP contribution in [-0.2, 0) is 9.84 Å². The van der Waals surface area contributed by atoms with Gasteiger partial charge in [0.2, 0.25) is 0 Å². The first-order valence-corrected chi connectivity index (χ1v) is 7.87. The highest BCUT2D eigenvalue weighted by molar-refractivity contribution is 7.91. The zero-order chi connectivity index (χ0) is 14.0. The second-order valence-corrected chi connectivity index (χ2v) is 6.90. The predicted octanol–water partition coefficient (Wildman–Crippen LogP) is 0.954. The van der Waals surface area contributed by atoms with E-state index in [4.69, 9.17) is 4.74 Å². The van der Waals surface area contributed by atoms with Crippen molar-refractivity contribution in [1.82, 2.24) is 4.90 Å². The van der Waals surface area contributed by atoms with Crippen molar-refractivity contribution in [3.05, 3.63) is 29.8 Å². The Morgan fingerprint density at radius 1 is 1.37 bits per heavy atom. The summed E-state index contributed by atoms with van der Waals surface area (Å²) in [6.45, 7) is 0. The number of hydrogen-bond donors (Lipinski definition) is 0. The van der Waals surface area contributed by atoms with Crippen LogP contribution >= 0.6 is 0 Å². The van der Waals surface area contributed by atoms with E-state index in [1.54, 1.807) is 31.3 Å². The van der Waals surface area contributed by atoms with E-state index in [2.05, 4.69) is 0 Å². The van der Waals surface area contributed by atoms with Crippen LogP contribution in [-0.4, -0.2) is 50.9 Å². The van der Waals surface area contributed by atoms with E-state index >= 15 is 0 Å². The van der Waals surface area contributed by atoms with Crippen molar-refractivity contribution in [2.75, 3.05) is 25.7 Å². The van der Waals surface area contributed by atoms with E-state index in [-0.39, 0.29) is 23.5 Å². The zero-order valence-electron chi connectivity index (χ0n) is 11.0. The smallest absolute Gasteiger partial charge is 0.257 e. The number of nitrogens with zero attached hydrogens (tertiary/aromatic N) is 1. The average molecular weight is 283 g/mol. The van der Waals surface area contributed by atoms with Gasteiger partial charge in [-0.25, -0.2) is 8.42 Å². The largest absolute Gasteiger partial charge is 0.496 e. The van der Waals surface area contributed by atoms with Crippen LogP contribution in [0.2, 0.25) is 0 Å². The molecule has 0 spiro atoms. The molecule has 6 heteroatoms. The molecule has 0 unspecified atom stereocenters. The van der Waals surface area contributed by atoms with Crippen LogP contribution in [0.4, 0.5) is 0 Å². The topological polar surface area (TPSA) is 63.7 Å². The number of rotatable bonds is 3. The Morgan fingerprint density at radius 3 is 2.63 bits per heavy atom. The van der Waals surface area contributed by atoms with Gasteiger partial charge in [0.25, 0.3) is 5.91 Å². The Bertz CT molecular complexity index is 582. The van der Waals surface area contributed by atoms with Gasteiger partial charge in [-0.15, -0.1) is 0 Å². The molecule has 19 heavy (non-hydrogen) atoms. The number of hydrogen-bond acceptors (Lipinski definition) is 4. The molecule has 0 aromatic heterocycles. The van der Waals surface area contributed by atoms with Gasteiger partial charge in [-0.05, 0) is 18.6 Å². The Labute approximate surface area is 113 Å². The lowest BCUT2D eigenvalue weighted by molar-refractivity contribution is 0.0744. The van der Waals surface area contributed by atoms with Crippen LogP contribution < -0.4 is 4.74 Å². The lowest BCUT2D eigenvalue weighted by atomic mass is 10.1. The maximum Gasteiger partial charge on any atom is 0.257 e. The van der Waals surface area contributed by atoms with Gasteiger partial charge in [-0.3, -0.25) is 4.79 Å². The highest BCUT2D eigenvalue weighted by Gasteiger charge is 2.33. The van der Waals surface area contributed by atoms with Crippen LogP contribution in [0, 0.1) is 0 Å². The van der Waals surface area contributed by atoms with Crippen molar-refractivity contribution in [3.63, 3.8) is 0 Å². The predicted molar refractivity (Wildman–Crippen MR) is 72.1 cm³/mol. The van der Waals surface area contributed by atoms with E-state index < -0.39 is 9.84 Å². The lowest BCUT2D eigenvalue weighted by Gasteiger charge is -2.24. The molecule has 0 radical (unpaired) electrons. The van der Waals surface area contributed by atoms with Crippen molar-refractivity contribution in [2.45, 2.75) is 12.5 Å². The van der Waals surface area contributed by atoms with E-state index in [1.165, 1.54) is 12.0 Å². The van der Waals surface area contributed by atoms with Gasteiger partial charge < -0.3 is 9.64 Å². The number of carbonyl (C=O) groups excluding carboxylic acids is 1. The molecule has 1 aliphatic rings. The molecule has 1 fully saturated rings. The molecule has 0 aliphatic carbocycles. The minimum absolute atomic E-state index is 0.0460. The van der Waals surface area contributed by atoms with Gasteiger partial charge >= 0.3 is 0 Å². The van der Waals surface area contributed by atoms with Crippen LogP contribution in [0.25, 0.3) is 0 Å². The molecule has 5 nitrogen and oxygen atoms in total. The normalized spacial score (nSPS) is 21.1. The minimum atomic E-state index is -3.00. The standard InChI is InChI=1S/C13H17NO4S/c1-14(10-7-8-19(16,17)9-10)13(15)11-5-3-4-6-12(11)18-2/h3-6,10H,7-9H2,1-2H3/t10-/m0/s1. The summed E-state index contributed by atoms with van der Waals surface area (Å²) in [6, 6.07) is 6.69. The number of ether oxygens (including phenoxy) is 1. The second-order valence-electron chi connectivity index (χ2n) is 4.67. The van der Waals surface area contributed by atoms with Gasteiger partial charge in [0, 0.05) is 13.1 Å². The molecule has 2 rings (SSSR count). The third kappa shape index (κ3) is 2.89. The first-order valence-electron chi connectivity index (χ1n) is 6.05. The van der Waals surface area contributed by atoms with E-state index in [9.17, 15) is 13.2 Å². The van der Waals surface area contributed by atoms with Gasteiger partial charge in [0.05, 0.1) is 24.2 Å². The molecular weight excluding hydrogens is 266 g/mol. The molecule has 1 saturated heterocycles. The monoisotopic (exact) mass is 283 g/mol. The molecule has 1 atom stereocenters. The van der Waals surface area contributed by atoms with Gasteiger partial charge in [0.1, 0.15) is 5.75 Å². The molecule has 0 bridgehead atoms. The van der Waals surface area contributed by atoms with Crippen LogP contribution in [0.15, 0.2) is 24.3 Å². The maximum absolute atomic E-state index is 12.4. The molecule has 0 N–H and O–H groups in total. The Kier molecular flexibility index (Phi) is 3.80. The number of carbonyl (C=O) groups is 1. The van der Waals surface area contributed by atoms with Gasteiger partial charge in [-0.2, -0.15) is 0 Å². The number of para-hydroxylation sites is 1. The highest BCUT2D eigenvalue weighted by atomic mass is 32.2. The average Bonchev–Trinajstić information content (AvgIpc) is 2.77. The van der Waals surface area contributed by atoms with Crippen LogP contribution in [0.3, 0.4) is 0 Å². The Balaban J connectivity index is 2.20. The van der Waals surface area contributed by atoms with Crippen LogP contribution in [0.1, 0.15) is 16.8 Å². The fraction of sp³-hybridized carbons (Fsp3) is 0.462. The summed E-state index contributed by atoms with van der Waals surface area (Å²) in [5.41, 5.74) is 0.455. The fourth-order valence-corrected chi connectivity index (χ4v) is 4.03. The lowest BCUT2D eigenvalue weighted by Crippen LogP contribution is -2.37.